The van der Waals surface area contributed by atoms with Gasteiger partial charge < -0.3 is 5.11 Å². The number of halogens is 2. The summed E-state index contributed by atoms with van der Waals surface area (Å²) >= 11 is 5.68. The molecule has 1 heterocycles. The van der Waals surface area contributed by atoms with E-state index in [4.69, 9.17) is 11.6 Å². The van der Waals surface area contributed by atoms with E-state index in [9.17, 15) is 9.50 Å². The molecule has 102 valence electrons. The Morgan fingerprint density at radius 3 is 2.68 bits per heavy atom. The zero-order valence-corrected chi connectivity index (χ0v) is 11.6. The first-order chi connectivity index (χ1) is 8.97. The molecule has 0 aliphatic heterocycles. The second-order valence-electron chi connectivity index (χ2n) is 4.77. The van der Waals surface area contributed by atoms with Crippen molar-refractivity contribution in [3.8, 4) is 0 Å². The van der Waals surface area contributed by atoms with Crippen LogP contribution in [0.1, 0.15) is 37.3 Å². The van der Waals surface area contributed by atoms with E-state index in [0.717, 1.165) is 5.69 Å². The molecule has 1 N–H and O–H groups in total. The van der Waals surface area contributed by atoms with Crippen LogP contribution in [-0.2, 0) is 6.42 Å². The molecule has 3 nitrogen and oxygen atoms in total. The molecular weight excluding hydrogens is 267 g/mol. The highest BCUT2D eigenvalue weighted by Gasteiger charge is 2.15. The first-order valence-corrected chi connectivity index (χ1v) is 6.52. The Labute approximate surface area is 116 Å². The Balaban J connectivity index is 2.13. The van der Waals surface area contributed by atoms with Crippen LogP contribution in [0.4, 0.5) is 4.39 Å². The Morgan fingerprint density at radius 1 is 1.37 bits per heavy atom. The molecule has 1 unspecified atom stereocenters. The van der Waals surface area contributed by atoms with Gasteiger partial charge in [0.15, 0.2) is 0 Å². The highest BCUT2D eigenvalue weighted by atomic mass is 35.5. The van der Waals surface area contributed by atoms with Gasteiger partial charge in [-0.1, -0.05) is 17.7 Å². The molecule has 0 fully saturated rings. The second-order valence-corrected chi connectivity index (χ2v) is 5.20. The summed E-state index contributed by atoms with van der Waals surface area (Å²) in [5.74, 6) is -0.497. The maximum atomic E-state index is 13.7. The minimum Gasteiger partial charge on any atom is -0.388 e. The van der Waals surface area contributed by atoms with Crippen LogP contribution in [0, 0.1) is 5.82 Å². The van der Waals surface area contributed by atoms with Crippen molar-refractivity contribution in [3.63, 3.8) is 0 Å². The predicted octanol–water partition coefficient (Wildman–Crippen LogP) is 3.53. The van der Waals surface area contributed by atoms with Crippen molar-refractivity contribution in [2.45, 2.75) is 32.4 Å². The van der Waals surface area contributed by atoms with Crippen LogP contribution in [0.15, 0.2) is 30.5 Å². The Hall–Kier alpha value is -1.39. The van der Waals surface area contributed by atoms with Crippen LogP contribution in [-0.4, -0.2) is 14.9 Å². The minimum absolute atomic E-state index is 0.239. The molecule has 1 aromatic heterocycles. The third kappa shape index (κ3) is 3.33. The van der Waals surface area contributed by atoms with Crippen LogP contribution >= 0.6 is 11.6 Å². The summed E-state index contributed by atoms with van der Waals surface area (Å²) in [6.45, 7) is 4.04. The maximum absolute atomic E-state index is 13.7. The van der Waals surface area contributed by atoms with Gasteiger partial charge in [-0.2, -0.15) is 5.10 Å². The molecular formula is C14H16ClFN2O. The summed E-state index contributed by atoms with van der Waals surface area (Å²) in [6.07, 6.45) is 1.20. The predicted molar refractivity (Wildman–Crippen MR) is 72.7 cm³/mol. The number of hydrogen-bond donors (Lipinski definition) is 1. The van der Waals surface area contributed by atoms with Gasteiger partial charge in [0.25, 0.3) is 0 Å². The summed E-state index contributed by atoms with van der Waals surface area (Å²) in [5, 5.41) is 14.7. The fraction of sp³-hybridized carbons (Fsp3) is 0.357. The van der Waals surface area contributed by atoms with Gasteiger partial charge in [-0.05, 0) is 32.0 Å². The number of aliphatic hydroxyl groups is 1. The zero-order chi connectivity index (χ0) is 14.0. The zero-order valence-electron chi connectivity index (χ0n) is 10.8. The average Bonchev–Trinajstić information content (AvgIpc) is 2.77. The molecule has 0 aliphatic rings. The minimum atomic E-state index is -0.923. The Morgan fingerprint density at radius 2 is 2.11 bits per heavy atom. The molecule has 1 aromatic carbocycles. The number of nitrogens with zero attached hydrogens (tertiary/aromatic N) is 2. The van der Waals surface area contributed by atoms with Gasteiger partial charge in [-0.15, -0.1) is 0 Å². The van der Waals surface area contributed by atoms with Gasteiger partial charge in [0.05, 0.1) is 11.8 Å². The number of benzene rings is 1. The van der Waals surface area contributed by atoms with E-state index in [1.807, 2.05) is 26.1 Å². The van der Waals surface area contributed by atoms with E-state index in [1.165, 1.54) is 12.1 Å². The molecule has 0 aliphatic carbocycles. The van der Waals surface area contributed by atoms with Crippen molar-refractivity contribution < 1.29 is 9.50 Å². The first kappa shape index (κ1) is 14.0. The largest absolute Gasteiger partial charge is 0.388 e. The molecule has 0 amide bonds. The van der Waals surface area contributed by atoms with Crippen LogP contribution in [0.25, 0.3) is 0 Å². The SMILES string of the molecule is CC(C)n1ccc(CC(O)c2ccc(Cl)cc2F)n1. The fourth-order valence-electron chi connectivity index (χ4n) is 1.85. The van der Waals surface area contributed by atoms with Crippen molar-refractivity contribution in [1.82, 2.24) is 9.78 Å². The summed E-state index contributed by atoms with van der Waals surface area (Å²) in [5.41, 5.74) is 0.971. The fourth-order valence-corrected chi connectivity index (χ4v) is 2.01. The third-order valence-electron chi connectivity index (χ3n) is 2.92. The smallest absolute Gasteiger partial charge is 0.130 e. The lowest BCUT2D eigenvalue weighted by atomic mass is 10.0. The van der Waals surface area contributed by atoms with E-state index < -0.39 is 11.9 Å². The Kier molecular flexibility index (Phi) is 4.22. The average molecular weight is 283 g/mol. The summed E-state index contributed by atoms with van der Waals surface area (Å²) in [4.78, 5) is 0. The molecule has 1 atom stereocenters. The highest BCUT2D eigenvalue weighted by Crippen LogP contribution is 2.23. The molecule has 2 rings (SSSR count). The third-order valence-corrected chi connectivity index (χ3v) is 3.15. The van der Waals surface area contributed by atoms with Gasteiger partial charge in [0.1, 0.15) is 5.82 Å². The van der Waals surface area contributed by atoms with Crippen molar-refractivity contribution in [1.29, 1.82) is 0 Å². The highest BCUT2D eigenvalue weighted by molar-refractivity contribution is 6.30. The first-order valence-electron chi connectivity index (χ1n) is 6.14. The molecule has 19 heavy (non-hydrogen) atoms. The van der Waals surface area contributed by atoms with E-state index >= 15 is 0 Å². The molecule has 0 saturated heterocycles. The van der Waals surface area contributed by atoms with Crippen molar-refractivity contribution in [3.05, 3.63) is 52.6 Å². The van der Waals surface area contributed by atoms with Crippen LogP contribution in [0.5, 0.6) is 0 Å². The number of aliphatic hydroxyl groups excluding tert-OH is 1. The number of aromatic nitrogens is 2. The standard InChI is InChI=1S/C14H16ClFN2O/c1-9(2)18-6-5-11(17-18)8-14(19)12-4-3-10(15)7-13(12)16/h3-7,9,14,19H,8H2,1-2H3. The summed E-state index contributed by atoms with van der Waals surface area (Å²) < 4.78 is 15.5. The second kappa shape index (κ2) is 5.72. The van der Waals surface area contributed by atoms with E-state index in [0.29, 0.717) is 5.02 Å². The lowest BCUT2D eigenvalue weighted by Crippen LogP contribution is -2.07. The summed E-state index contributed by atoms with van der Waals surface area (Å²) in [6, 6.07) is 6.36. The van der Waals surface area contributed by atoms with E-state index in [1.54, 1.807) is 10.7 Å². The van der Waals surface area contributed by atoms with Gasteiger partial charge in [0, 0.05) is 29.2 Å². The maximum Gasteiger partial charge on any atom is 0.130 e. The number of rotatable bonds is 4. The quantitative estimate of drug-likeness (QED) is 0.931. The van der Waals surface area contributed by atoms with Gasteiger partial charge >= 0.3 is 0 Å². The van der Waals surface area contributed by atoms with Crippen LogP contribution < -0.4 is 0 Å². The molecule has 0 bridgehead atoms. The van der Waals surface area contributed by atoms with Crippen LogP contribution in [0.3, 0.4) is 0 Å². The van der Waals surface area contributed by atoms with Gasteiger partial charge in [0.2, 0.25) is 0 Å². The monoisotopic (exact) mass is 282 g/mol. The lowest BCUT2D eigenvalue weighted by molar-refractivity contribution is 0.172. The molecule has 5 heteroatoms. The van der Waals surface area contributed by atoms with Gasteiger partial charge in [-0.3, -0.25) is 4.68 Å². The lowest BCUT2D eigenvalue weighted by Gasteiger charge is -2.11. The molecule has 2 aromatic rings. The van der Waals surface area contributed by atoms with Gasteiger partial charge in [-0.25, -0.2) is 4.39 Å². The molecule has 0 radical (unpaired) electrons. The molecule has 0 spiro atoms. The van der Waals surface area contributed by atoms with E-state index in [-0.39, 0.29) is 18.0 Å². The van der Waals surface area contributed by atoms with Crippen molar-refractivity contribution in [2.75, 3.05) is 0 Å². The van der Waals surface area contributed by atoms with Crippen LogP contribution in [0.2, 0.25) is 5.02 Å². The topological polar surface area (TPSA) is 38.0 Å². The number of hydrogen-bond acceptors (Lipinski definition) is 2. The van der Waals surface area contributed by atoms with E-state index in [2.05, 4.69) is 5.10 Å². The molecule has 0 saturated carbocycles. The van der Waals surface area contributed by atoms with Crippen molar-refractivity contribution in [2.24, 2.45) is 0 Å². The van der Waals surface area contributed by atoms with Crippen molar-refractivity contribution >= 4 is 11.6 Å². The Bertz CT molecular complexity index is 568. The normalized spacial score (nSPS) is 12.9. The summed E-state index contributed by atoms with van der Waals surface area (Å²) in [7, 11) is 0.